The van der Waals surface area contributed by atoms with Crippen molar-refractivity contribution < 1.29 is 18.7 Å². The minimum atomic E-state index is -0.553. The molecule has 180 valence electrons. The molecule has 2 aromatic heterocycles. The van der Waals surface area contributed by atoms with Crippen LogP contribution in [0.1, 0.15) is 16.1 Å². The Balaban J connectivity index is 1.13. The summed E-state index contributed by atoms with van der Waals surface area (Å²) < 4.78 is 10.4. The molecule has 10 nitrogen and oxygen atoms in total. The molecule has 0 unspecified atom stereocenters. The van der Waals surface area contributed by atoms with Gasteiger partial charge in [0.2, 0.25) is 0 Å². The number of nitrogens with one attached hydrogen (secondary N) is 2. The summed E-state index contributed by atoms with van der Waals surface area (Å²) in [4.78, 5) is 47.0. The SMILES string of the molecule is O=C(Nc1ccc2[nH]c(=O)oc2c1)c1csc(N2CCN(C(=O)OCc3ccc(Cl)cc3)CC2)n1. The molecule has 0 aliphatic carbocycles. The van der Waals surface area contributed by atoms with Gasteiger partial charge in [0.05, 0.1) is 5.52 Å². The van der Waals surface area contributed by atoms with E-state index < -0.39 is 5.76 Å². The van der Waals surface area contributed by atoms with Crippen LogP contribution in [0.5, 0.6) is 0 Å². The van der Waals surface area contributed by atoms with Crippen molar-refractivity contribution in [2.45, 2.75) is 6.61 Å². The van der Waals surface area contributed by atoms with E-state index in [9.17, 15) is 14.4 Å². The summed E-state index contributed by atoms with van der Waals surface area (Å²) in [5.74, 6) is -0.920. The number of H-pyrrole nitrogens is 1. The molecule has 12 heteroatoms. The number of thiazole rings is 1. The highest BCUT2D eigenvalue weighted by Crippen LogP contribution is 2.24. The number of hydrogen-bond donors (Lipinski definition) is 2. The lowest BCUT2D eigenvalue weighted by molar-refractivity contribution is 0.0941. The lowest BCUT2D eigenvalue weighted by Gasteiger charge is -2.33. The molecule has 3 heterocycles. The van der Waals surface area contributed by atoms with E-state index >= 15 is 0 Å². The first-order chi connectivity index (χ1) is 16.9. The van der Waals surface area contributed by atoms with E-state index in [-0.39, 0.29) is 24.3 Å². The molecule has 0 saturated carbocycles. The molecular weight excluding hydrogens is 494 g/mol. The maximum absolute atomic E-state index is 12.6. The topological polar surface area (TPSA) is 121 Å². The third-order valence-electron chi connectivity index (χ3n) is 5.49. The smallest absolute Gasteiger partial charge is 0.417 e. The number of carbonyl (C=O) groups excluding carboxylic acids is 2. The number of aromatic nitrogens is 2. The molecule has 0 spiro atoms. The summed E-state index contributed by atoms with van der Waals surface area (Å²) in [6.45, 7) is 2.32. The lowest BCUT2D eigenvalue weighted by atomic mass is 10.2. The third kappa shape index (κ3) is 5.31. The van der Waals surface area contributed by atoms with Gasteiger partial charge >= 0.3 is 11.8 Å². The Morgan fingerprint density at radius 2 is 1.91 bits per heavy atom. The van der Waals surface area contributed by atoms with Crippen LogP contribution >= 0.6 is 22.9 Å². The number of nitrogens with zero attached hydrogens (tertiary/aromatic N) is 3. The Bertz CT molecular complexity index is 1420. The van der Waals surface area contributed by atoms with Crippen molar-refractivity contribution in [3.63, 3.8) is 0 Å². The number of aromatic amines is 1. The first kappa shape index (κ1) is 22.9. The largest absolute Gasteiger partial charge is 0.445 e. The molecular formula is C23H20ClN5O5S. The van der Waals surface area contributed by atoms with Crippen molar-refractivity contribution in [3.05, 3.63) is 74.7 Å². The number of rotatable bonds is 5. The monoisotopic (exact) mass is 513 g/mol. The fourth-order valence-electron chi connectivity index (χ4n) is 3.63. The molecule has 1 fully saturated rings. The molecule has 2 aromatic carbocycles. The van der Waals surface area contributed by atoms with Crippen LogP contribution in [-0.2, 0) is 11.3 Å². The Labute approximate surface area is 208 Å². The fourth-order valence-corrected chi connectivity index (χ4v) is 4.61. The molecule has 0 atom stereocenters. The Kier molecular flexibility index (Phi) is 6.43. The molecule has 35 heavy (non-hydrogen) atoms. The number of benzene rings is 2. The zero-order valence-electron chi connectivity index (χ0n) is 18.3. The van der Waals surface area contributed by atoms with Gasteiger partial charge in [-0.3, -0.25) is 9.78 Å². The zero-order valence-corrected chi connectivity index (χ0v) is 19.9. The van der Waals surface area contributed by atoms with Crippen LogP contribution in [0.4, 0.5) is 15.6 Å². The van der Waals surface area contributed by atoms with Gasteiger partial charge in [0.15, 0.2) is 10.7 Å². The maximum Gasteiger partial charge on any atom is 0.417 e. The second-order valence-corrected chi connectivity index (χ2v) is 9.12. The van der Waals surface area contributed by atoms with Gasteiger partial charge in [0, 0.05) is 48.3 Å². The van der Waals surface area contributed by atoms with E-state index in [2.05, 4.69) is 15.3 Å². The van der Waals surface area contributed by atoms with Gasteiger partial charge in [0.1, 0.15) is 12.3 Å². The van der Waals surface area contributed by atoms with E-state index in [1.165, 1.54) is 11.3 Å². The van der Waals surface area contributed by atoms with E-state index in [1.807, 2.05) is 17.0 Å². The maximum atomic E-state index is 12.6. The van der Waals surface area contributed by atoms with Crippen molar-refractivity contribution >= 4 is 56.9 Å². The summed E-state index contributed by atoms with van der Waals surface area (Å²) in [6.07, 6.45) is -0.367. The van der Waals surface area contributed by atoms with Crippen LogP contribution in [0.2, 0.25) is 5.02 Å². The number of carbonyl (C=O) groups is 2. The number of piperazine rings is 1. The molecule has 2 amide bonds. The minimum Gasteiger partial charge on any atom is -0.445 e. The predicted molar refractivity (Wildman–Crippen MR) is 132 cm³/mol. The first-order valence-corrected chi connectivity index (χ1v) is 12.0. The zero-order chi connectivity index (χ0) is 24.4. The lowest BCUT2D eigenvalue weighted by Crippen LogP contribution is -2.48. The van der Waals surface area contributed by atoms with Crippen molar-refractivity contribution in [2.75, 3.05) is 36.4 Å². The van der Waals surface area contributed by atoms with Gasteiger partial charge < -0.3 is 24.3 Å². The Morgan fingerprint density at radius 1 is 1.14 bits per heavy atom. The number of halogens is 1. The number of oxazole rings is 1. The summed E-state index contributed by atoms with van der Waals surface area (Å²) in [7, 11) is 0. The van der Waals surface area contributed by atoms with Gasteiger partial charge in [0.25, 0.3) is 5.91 Å². The van der Waals surface area contributed by atoms with Crippen LogP contribution in [0, 0.1) is 0 Å². The molecule has 0 radical (unpaired) electrons. The summed E-state index contributed by atoms with van der Waals surface area (Å²) >= 11 is 7.24. The average molecular weight is 514 g/mol. The highest BCUT2D eigenvalue weighted by molar-refractivity contribution is 7.14. The molecule has 0 bridgehead atoms. The van der Waals surface area contributed by atoms with Crippen molar-refractivity contribution in [1.29, 1.82) is 0 Å². The summed E-state index contributed by atoms with van der Waals surface area (Å²) in [6, 6.07) is 12.0. The second-order valence-electron chi connectivity index (χ2n) is 7.85. The summed E-state index contributed by atoms with van der Waals surface area (Å²) in [5.41, 5.74) is 2.55. The van der Waals surface area contributed by atoms with Crippen LogP contribution in [0.3, 0.4) is 0 Å². The van der Waals surface area contributed by atoms with E-state index in [0.717, 1.165) is 5.56 Å². The molecule has 1 saturated heterocycles. The number of anilines is 2. The van der Waals surface area contributed by atoms with Crippen LogP contribution in [0.25, 0.3) is 11.1 Å². The predicted octanol–water partition coefficient (Wildman–Crippen LogP) is 3.94. The van der Waals surface area contributed by atoms with E-state index in [4.69, 9.17) is 20.8 Å². The molecule has 1 aliphatic heterocycles. The van der Waals surface area contributed by atoms with Crippen molar-refractivity contribution in [2.24, 2.45) is 0 Å². The number of ether oxygens (including phenoxy) is 1. The summed E-state index contributed by atoms with van der Waals surface area (Å²) in [5, 5.41) is 5.79. The molecule has 2 N–H and O–H groups in total. The number of hydrogen-bond acceptors (Lipinski definition) is 8. The van der Waals surface area contributed by atoms with Gasteiger partial charge in [-0.25, -0.2) is 14.6 Å². The first-order valence-electron chi connectivity index (χ1n) is 10.8. The Hall–Kier alpha value is -3.83. The van der Waals surface area contributed by atoms with E-state index in [1.54, 1.807) is 40.6 Å². The minimum absolute atomic E-state index is 0.185. The molecule has 5 rings (SSSR count). The molecule has 1 aliphatic rings. The second kappa shape index (κ2) is 9.80. The third-order valence-corrected chi connectivity index (χ3v) is 6.64. The quantitative estimate of drug-likeness (QED) is 0.414. The normalized spacial score (nSPS) is 13.7. The van der Waals surface area contributed by atoms with Gasteiger partial charge in [-0.15, -0.1) is 11.3 Å². The van der Waals surface area contributed by atoms with Gasteiger partial charge in [-0.2, -0.15) is 0 Å². The average Bonchev–Trinajstić information content (AvgIpc) is 3.50. The van der Waals surface area contributed by atoms with Crippen molar-refractivity contribution in [3.8, 4) is 0 Å². The number of amides is 2. The highest BCUT2D eigenvalue weighted by atomic mass is 35.5. The van der Waals surface area contributed by atoms with Gasteiger partial charge in [-0.05, 0) is 29.8 Å². The standard InChI is InChI=1S/C23H20ClN5O5S/c24-15-3-1-14(2-4-15)12-33-23(32)29-9-7-28(8-10-29)21-26-18(13-35-21)20(30)25-16-5-6-17-19(11-16)34-22(31)27-17/h1-6,11,13H,7-10,12H2,(H,25,30)(H,27,31). The van der Waals surface area contributed by atoms with E-state index in [0.29, 0.717) is 53.1 Å². The van der Waals surface area contributed by atoms with Crippen LogP contribution in [-0.4, -0.2) is 53.0 Å². The van der Waals surface area contributed by atoms with Crippen LogP contribution < -0.4 is 16.0 Å². The Morgan fingerprint density at radius 3 is 2.69 bits per heavy atom. The van der Waals surface area contributed by atoms with Crippen LogP contribution in [0.15, 0.2) is 57.1 Å². The van der Waals surface area contributed by atoms with Crippen molar-refractivity contribution in [1.82, 2.24) is 14.9 Å². The fraction of sp³-hybridized carbons (Fsp3) is 0.217. The van der Waals surface area contributed by atoms with Gasteiger partial charge in [-0.1, -0.05) is 23.7 Å². The molecule has 4 aromatic rings. The number of fused-ring (bicyclic) bond motifs is 1. The highest BCUT2D eigenvalue weighted by Gasteiger charge is 2.24.